The van der Waals surface area contributed by atoms with Crippen molar-refractivity contribution in [2.45, 2.75) is 9.79 Å². The number of benzene rings is 2. The van der Waals surface area contributed by atoms with E-state index in [1.165, 1.54) is 40.0 Å². The number of hydrogen-bond donors (Lipinski definition) is 0. The molecule has 1 aliphatic heterocycles. The van der Waals surface area contributed by atoms with Crippen LogP contribution in [0.15, 0.2) is 58.3 Å². The molecule has 10 heteroatoms. The van der Waals surface area contributed by atoms with Gasteiger partial charge in [0, 0.05) is 26.2 Å². The largest absolute Gasteiger partial charge is 0.497 e. The van der Waals surface area contributed by atoms with Crippen LogP contribution in [0.1, 0.15) is 0 Å². The molecule has 1 heterocycles. The summed E-state index contributed by atoms with van der Waals surface area (Å²) < 4.78 is 71.2. The molecule has 2 aromatic rings. The molecular formula is C17H19FN2O5S2. The second-order valence-electron chi connectivity index (χ2n) is 5.94. The van der Waals surface area contributed by atoms with E-state index in [4.69, 9.17) is 4.74 Å². The van der Waals surface area contributed by atoms with Gasteiger partial charge in [-0.25, -0.2) is 21.2 Å². The number of ether oxygens (including phenoxy) is 1. The molecule has 1 saturated heterocycles. The van der Waals surface area contributed by atoms with E-state index in [0.717, 1.165) is 12.1 Å². The lowest BCUT2D eigenvalue weighted by Crippen LogP contribution is -2.50. The third-order valence-electron chi connectivity index (χ3n) is 4.35. The van der Waals surface area contributed by atoms with Crippen molar-refractivity contribution in [1.29, 1.82) is 0 Å². The van der Waals surface area contributed by atoms with E-state index >= 15 is 0 Å². The van der Waals surface area contributed by atoms with Gasteiger partial charge in [-0.1, -0.05) is 0 Å². The lowest BCUT2D eigenvalue weighted by atomic mass is 10.3. The topological polar surface area (TPSA) is 84.0 Å². The van der Waals surface area contributed by atoms with Crippen molar-refractivity contribution < 1.29 is 26.0 Å². The van der Waals surface area contributed by atoms with Gasteiger partial charge in [-0.3, -0.25) is 0 Å². The molecule has 0 atom stereocenters. The summed E-state index contributed by atoms with van der Waals surface area (Å²) in [5.74, 6) is 0.0218. The van der Waals surface area contributed by atoms with Crippen LogP contribution in [0.3, 0.4) is 0 Å². The van der Waals surface area contributed by atoms with Crippen LogP contribution in [0.25, 0.3) is 0 Å². The van der Waals surface area contributed by atoms with E-state index in [1.54, 1.807) is 12.1 Å². The van der Waals surface area contributed by atoms with Crippen molar-refractivity contribution in [3.63, 3.8) is 0 Å². The van der Waals surface area contributed by atoms with E-state index in [-0.39, 0.29) is 36.0 Å². The fourth-order valence-electron chi connectivity index (χ4n) is 2.80. The normalized spacial score (nSPS) is 17.0. The summed E-state index contributed by atoms with van der Waals surface area (Å²) in [6, 6.07) is 10.6. The van der Waals surface area contributed by atoms with Crippen molar-refractivity contribution in [3.05, 3.63) is 54.3 Å². The first-order valence-electron chi connectivity index (χ1n) is 8.15. The summed E-state index contributed by atoms with van der Waals surface area (Å²) in [4.78, 5) is 0.105. The molecule has 27 heavy (non-hydrogen) atoms. The predicted molar refractivity (Wildman–Crippen MR) is 96.9 cm³/mol. The molecule has 0 spiro atoms. The third-order valence-corrected chi connectivity index (χ3v) is 8.17. The second kappa shape index (κ2) is 7.55. The molecule has 1 aliphatic rings. The Morgan fingerprint density at radius 1 is 0.741 bits per heavy atom. The van der Waals surface area contributed by atoms with E-state index in [1.807, 2.05) is 0 Å². The summed E-state index contributed by atoms with van der Waals surface area (Å²) in [5.41, 5.74) is 0. The molecule has 1 fully saturated rings. The van der Waals surface area contributed by atoms with E-state index < -0.39 is 25.9 Å². The Morgan fingerprint density at radius 2 is 1.11 bits per heavy atom. The lowest BCUT2D eigenvalue weighted by molar-refractivity contribution is 0.273. The molecule has 146 valence electrons. The van der Waals surface area contributed by atoms with E-state index in [2.05, 4.69) is 0 Å². The van der Waals surface area contributed by atoms with Gasteiger partial charge in [0.25, 0.3) is 0 Å². The van der Waals surface area contributed by atoms with Crippen LogP contribution >= 0.6 is 0 Å². The first-order chi connectivity index (χ1) is 12.7. The quantitative estimate of drug-likeness (QED) is 0.741. The van der Waals surface area contributed by atoms with Crippen LogP contribution in [0.2, 0.25) is 0 Å². The average molecular weight is 414 g/mol. The predicted octanol–water partition coefficient (Wildman–Crippen LogP) is 1.53. The molecule has 7 nitrogen and oxygen atoms in total. The number of nitrogens with zero attached hydrogens (tertiary/aromatic N) is 2. The maximum absolute atomic E-state index is 13.0. The number of piperazine rings is 1. The van der Waals surface area contributed by atoms with Gasteiger partial charge in [0.2, 0.25) is 20.0 Å². The molecule has 0 aliphatic carbocycles. The van der Waals surface area contributed by atoms with Crippen LogP contribution < -0.4 is 4.74 Å². The maximum atomic E-state index is 13.0. The van der Waals surface area contributed by atoms with Gasteiger partial charge in [0.1, 0.15) is 11.6 Å². The summed E-state index contributed by atoms with van der Waals surface area (Å²) in [6.07, 6.45) is 0. The Balaban J connectivity index is 1.73. The fraction of sp³-hybridized carbons (Fsp3) is 0.294. The maximum Gasteiger partial charge on any atom is 0.243 e. The molecule has 0 N–H and O–H groups in total. The Bertz CT molecular complexity index is 998. The first kappa shape index (κ1) is 19.7. The van der Waals surface area contributed by atoms with Gasteiger partial charge in [0.05, 0.1) is 16.9 Å². The molecule has 0 radical (unpaired) electrons. The standard InChI is InChI=1S/C17H19FN2O5S2/c1-25-15-4-8-17(9-5-15)27(23,24)20-12-10-19(11-13-20)26(21,22)16-6-2-14(18)3-7-16/h2-9H,10-13H2,1H3. The highest BCUT2D eigenvalue weighted by atomic mass is 32.2. The molecule has 0 bridgehead atoms. The van der Waals surface area contributed by atoms with Crippen molar-refractivity contribution in [1.82, 2.24) is 8.61 Å². The second-order valence-corrected chi connectivity index (χ2v) is 9.81. The van der Waals surface area contributed by atoms with Gasteiger partial charge >= 0.3 is 0 Å². The molecule has 0 amide bonds. The Hall–Kier alpha value is -2.01. The SMILES string of the molecule is COc1ccc(S(=O)(=O)N2CCN(S(=O)(=O)c3ccc(F)cc3)CC2)cc1. The summed E-state index contributed by atoms with van der Waals surface area (Å²) in [6.45, 7) is 0.119. The summed E-state index contributed by atoms with van der Waals surface area (Å²) in [5, 5.41) is 0. The van der Waals surface area contributed by atoms with Crippen LogP contribution in [0, 0.1) is 5.82 Å². The molecule has 0 aromatic heterocycles. The van der Waals surface area contributed by atoms with E-state index in [0.29, 0.717) is 5.75 Å². The van der Waals surface area contributed by atoms with Crippen LogP contribution in [0.5, 0.6) is 5.75 Å². The third kappa shape index (κ3) is 3.98. The lowest BCUT2D eigenvalue weighted by Gasteiger charge is -2.33. The van der Waals surface area contributed by atoms with Gasteiger partial charge in [-0.05, 0) is 48.5 Å². The Kier molecular flexibility index (Phi) is 5.52. The fourth-order valence-corrected chi connectivity index (χ4v) is 5.65. The highest BCUT2D eigenvalue weighted by Gasteiger charge is 2.33. The van der Waals surface area contributed by atoms with Gasteiger partial charge in [-0.15, -0.1) is 0 Å². The molecule has 0 saturated carbocycles. The average Bonchev–Trinajstić information content (AvgIpc) is 2.68. The molecule has 0 unspecified atom stereocenters. The minimum atomic E-state index is -3.79. The number of rotatable bonds is 5. The van der Waals surface area contributed by atoms with Crippen molar-refractivity contribution in [2.75, 3.05) is 33.3 Å². The summed E-state index contributed by atoms with van der Waals surface area (Å²) in [7, 11) is -6.02. The van der Waals surface area contributed by atoms with E-state index in [9.17, 15) is 21.2 Å². The first-order valence-corrected chi connectivity index (χ1v) is 11.0. The minimum absolute atomic E-state index is 0.0182. The van der Waals surface area contributed by atoms with Gasteiger partial charge in [-0.2, -0.15) is 8.61 Å². The Labute approximate surface area is 158 Å². The minimum Gasteiger partial charge on any atom is -0.497 e. The summed E-state index contributed by atoms with van der Waals surface area (Å²) >= 11 is 0. The van der Waals surface area contributed by atoms with Crippen molar-refractivity contribution >= 4 is 20.0 Å². The number of sulfonamides is 2. The number of methoxy groups -OCH3 is 1. The Morgan fingerprint density at radius 3 is 1.48 bits per heavy atom. The highest BCUT2D eigenvalue weighted by Crippen LogP contribution is 2.23. The van der Waals surface area contributed by atoms with Crippen LogP contribution in [-0.4, -0.2) is 58.7 Å². The highest BCUT2D eigenvalue weighted by molar-refractivity contribution is 7.89. The molecule has 3 rings (SSSR count). The number of halogens is 1. The molecular weight excluding hydrogens is 395 g/mol. The zero-order valence-electron chi connectivity index (χ0n) is 14.6. The van der Waals surface area contributed by atoms with Gasteiger partial charge in [0.15, 0.2) is 0 Å². The van der Waals surface area contributed by atoms with Crippen molar-refractivity contribution in [3.8, 4) is 5.75 Å². The smallest absolute Gasteiger partial charge is 0.243 e. The van der Waals surface area contributed by atoms with Crippen LogP contribution in [0.4, 0.5) is 4.39 Å². The van der Waals surface area contributed by atoms with Crippen LogP contribution in [-0.2, 0) is 20.0 Å². The van der Waals surface area contributed by atoms with Gasteiger partial charge < -0.3 is 4.74 Å². The van der Waals surface area contributed by atoms with Crippen molar-refractivity contribution in [2.24, 2.45) is 0 Å². The molecule has 2 aromatic carbocycles. The zero-order valence-corrected chi connectivity index (χ0v) is 16.2. The monoisotopic (exact) mass is 414 g/mol. The zero-order chi connectivity index (χ0) is 19.7. The number of hydrogen-bond acceptors (Lipinski definition) is 5.